The van der Waals surface area contributed by atoms with Crippen molar-refractivity contribution in [3.05, 3.63) is 47.7 Å². The lowest BCUT2D eigenvalue weighted by Crippen LogP contribution is -2.07. The minimum Gasteiger partial charge on any atom is -0.507 e. The summed E-state index contributed by atoms with van der Waals surface area (Å²) in [6.45, 7) is 0. The van der Waals surface area contributed by atoms with E-state index in [0.29, 0.717) is 5.56 Å². The first kappa shape index (κ1) is 9.52. The van der Waals surface area contributed by atoms with Crippen LogP contribution in [0.3, 0.4) is 0 Å². The van der Waals surface area contributed by atoms with Gasteiger partial charge in [-0.2, -0.15) is 0 Å². The van der Waals surface area contributed by atoms with E-state index in [1.165, 1.54) is 12.1 Å². The van der Waals surface area contributed by atoms with Crippen LogP contribution >= 0.6 is 0 Å². The molecular formula is C12H10O3. The van der Waals surface area contributed by atoms with Crippen molar-refractivity contribution in [2.45, 2.75) is 6.42 Å². The quantitative estimate of drug-likeness (QED) is 0.733. The Bertz CT molecular complexity index is 470. The Balaban J connectivity index is 2.59. The third-order valence-corrected chi connectivity index (χ3v) is 2.29. The summed E-state index contributed by atoms with van der Waals surface area (Å²) in [4.78, 5) is 11.6. The lowest BCUT2D eigenvalue weighted by molar-refractivity contribution is -0.113. The first-order chi connectivity index (χ1) is 7.20. The zero-order chi connectivity index (χ0) is 10.8. The predicted octanol–water partition coefficient (Wildman–Crippen LogP) is 2.19. The molecule has 0 atom stereocenters. The molecule has 0 unspecified atom stereocenters. The van der Waals surface area contributed by atoms with Crippen molar-refractivity contribution in [2.24, 2.45) is 0 Å². The molecule has 0 bridgehead atoms. The summed E-state index contributed by atoms with van der Waals surface area (Å²) >= 11 is 0. The molecule has 0 fully saturated rings. The van der Waals surface area contributed by atoms with E-state index in [1.54, 1.807) is 24.3 Å². The van der Waals surface area contributed by atoms with Crippen LogP contribution in [0, 0.1) is 0 Å². The molecule has 0 heterocycles. The van der Waals surface area contributed by atoms with E-state index in [1.807, 2.05) is 0 Å². The van der Waals surface area contributed by atoms with E-state index < -0.39 is 0 Å². The molecule has 2 N–H and O–H groups in total. The average molecular weight is 202 g/mol. The van der Waals surface area contributed by atoms with Crippen LogP contribution in [0.1, 0.15) is 12.0 Å². The van der Waals surface area contributed by atoms with Gasteiger partial charge in [-0.3, -0.25) is 4.79 Å². The second-order valence-electron chi connectivity index (χ2n) is 3.31. The molecule has 0 saturated carbocycles. The molecule has 0 amide bonds. The van der Waals surface area contributed by atoms with Crippen LogP contribution in [0.2, 0.25) is 0 Å². The fourth-order valence-corrected chi connectivity index (χ4v) is 1.58. The number of aliphatic hydroxyl groups is 1. The number of allylic oxidation sites excluding steroid dienone is 3. The summed E-state index contributed by atoms with van der Waals surface area (Å²) in [7, 11) is 0. The third kappa shape index (κ3) is 1.64. The summed E-state index contributed by atoms with van der Waals surface area (Å²) in [5.41, 5.74) is 0.569. The monoisotopic (exact) mass is 202 g/mol. The molecule has 0 radical (unpaired) electrons. The Hall–Kier alpha value is -2.03. The number of para-hydroxylation sites is 1. The Labute approximate surface area is 87.0 Å². The Morgan fingerprint density at radius 3 is 2.53 bits per heavy atom. The zero-order valence-electron chi connectivity index (χ0n) is 7.97. The summed E-state index contributed by atoms with van der Waals surface area (Å²) in [6.07, 6.45) is 3.33. The number of ketones is 1. The fourth-order valence-electron chi connectivity index (χ4n) is 1.58. The lowest BCUT2D eigenvalue weighted by Gasteiger charge is -2.11. The van der Waals surface area contributed by atoms with Gasteiger partial charge in [-0.15, -0.1) is 0 Å². The number of benzene rings is 1. The highest BCUT2D eigenvalue weighted by Gasteiger charge is 2.20. The van der Waals surface area contributed by atoms with Gasteiger partial charge in [0.2, 0.25) is 0 Å². The van der Waals surface area contributed by atoms with E-state index >= 15 is 0 Å². The normalized spacial score (nSPS) is 15.9. The number of hydrogen-bond acceptors (Lipinski definition) is 3. The number of phenols is 1. The van der Waals surface area contributed by atoms with E-state index in [9.17, 15) is 15.0 Å². The first-order valence-corrected chi connectivity index (χ1v) is 4.61. The standard InChI is InChI=1S/C12H10O3/c13-9-5-2-1-4-8(9)12-10(14)6-3-7-11(12)15/h1-6,13-14H,7H2. The van der Waals surface area contributed by atoms with E-state index in [4.69, 9.17) is 0 Å². The van der Waals surface area contributed by atoms with Gasteiger partial charge in [-0.05, 0) is 12.1 Å². The smallest absolute Gasteiger partial charge is 0.171 e. The van der Waals surface area contributed by atoms with E-state index in [2.05, 4.69) is 0 Å². The fraction of sp³-hybridized carbons (Fsp3) is 0.0833. The molecule has 76 valence electrons. The maximum atomic E-state index is 11.6. The number of carbonyl (C=O) groups excluding carboxylic acids is 1. The van der Waals surface area contributed by atoms with Gasteiger partial charge in [0.05, 0.1) is 5.57 Å². The van der Waals surface area contributed by atoms with Crippen molar-refractivity contribution in [1.82, 2.24) is 0 Å². The number of phenolic OH excluding ortho intramolecular Hbond substituents is 1. The number of rotatable bonds is 1. The Kier molecular flexibility index (Phi) is 2.29. The summed E-state index contributed by atoms with van der Waals surface area (Å²) in [5.74, 6) is -0.271. The van der Waals surface area contributed by atoms with Crippen LogP contribution in [-0.4, -0.2) is 16.0 Å². The number of carbonyl (C=O) groups is 1. The van der Waals surface area contributed by atoms with Crippen molar-refractivity contribution in [3.8, 4) is 5.75 Å². The van der Waals surface area contributed by atoms with Crippen LogP contribution in [0.25, 0.3) is 5.57 Å². The molecular weight excluding hydrogens is 192 g/mol. The van der Waals surface area contributed by atoms with Crippen molar-refractivity contribution in [1.29, 1.82) is 0 Å². The minimum absolute atomic E-state index is 0.00250. The molecule has 15 heavy (non-hydrogen) atoms. The van der Waals surface area contributed by atoms with Gasteiger partial charge in [0.15, 0.2) is 5.78 Å². The number of Topliss-reactive ketones (excluding diaryl/α,β-unsaturated/α-hetero) is 1. The van der Waals surface area contributed by atoms with Gasteiger partial charge < -0.3 is 10.2 Å². The Morgan fingerprint density at radius 2 is 1.87 bits per heavy atom. The van der Waals surface area contributed by atoms with Crippen molar-refractivity contribution in [3.63, 3.8) is 0 Å². The predicted molar refractivity (Wildman–Crippen MR) is 56.4 cm³/mol. The molecule has 1 aromatic carbocycles. The molecule has 0 spiro atoms. The van der Waals surface area contributed by atoms with Crippen molar-refractivity contribution < 1.29 is 15.0 Å². The molecule has 1 aromatic rings. The van der Waals surface area contributed by atoms with Crippen LogP contribution < -0.4 is 0 Å². The summed E-state index contributed by atoms with van der Waals surface area (Å²) in [6, 6.07) is 6.47. The third-order valence-electron chi connectivity index (χ3n) is 2.29. The molecule has 3 heteroatoms. The zero-order valence-corrected chi connectivity index (χ0v) is 7.97. The highest BCUT2D eigenvalue weighted by Crippen LogP contribution is 2.30. The second kappa shape index (κ2) is 3.61. The number of aliphatic hydroxyl groups excluding tert-OH is 1. The maximum Gasteiger partial charge on any atom is 0.171 e. The van der Waals surface area contributed by atoms with Crippen LogP contribution in [0.15, 0.2) is 42.2 Å². The van der Waals surface area contributed by atoms with E-state index in [0.717, 1.165) is 0 Å². The molecule has 2 rings (SSSR count). The van der Waals surface area contributed by atoms with Gasteiger partial charge in [0.1, 0.15) is 11.5 Å². The van der Waals surface area contributed by atoms with Crippen LogP contribution in [0.4, 0.5) is 0 Å². The van der Waals surface area contributed by atoms with Gasteiger partial charge in [-0.25, -0.2) is 0 Å². The van der Waals surface area contributed by atoms with Crippen molar-refractivity contribution >= 4 is 11.4 Å². The lowest BCUT2D eigenvalue weighted by atomic mass is 9.94. The van der Waals surface area contributed by atoms with Gasteiger partial charge in [-0.1, -0.05) is 24.3 Å². The molecule has 0 aromatic heterocycles. The molecule has 3 nitrogen and oxygen atoms in total. The largest absolute Gasteiger partial charge is 0.507 e. The van der Waals surface area contributed by atoms with E-state index in [-0.39, 0.29) is 29.3 Å². The molecule has 1 aliphatic carbocycles. The van der Waals surface area contributed by atoms with Crippen LogP contribution in [0.5, 0.6) is 5.75 Å². The second-order valence-corrected chi connectivity index (χ2v) is 3.31. The molecule has 1 aliphatic rings. The highest BCUT2D eigenvalue weighted by molar-refractivity contribution is 6.23. The van der Waals surface area contributed by atoms with Crippen LogP contribution in [-0.2, 0) is 4.79 Å². The minimum atomic E-state index is -0.184. The number of aromatic hydroxyl groups is 1. The summed E-state index contributed by atoms with van der Waals surface area (Å²) in [5, 5.41) is 19.2. The topological polar surface area (TPSA) is 57.5 Å². The SMILES string of the molecule is O=C1CC=CC(O)=C1c1ccccc1O. The maximum absolute atomic E-state index is 11.6. The average Bonchev–Trinajstić information content (AvgIpc) is 2.20. The van der Waals surface area contributed by atoms with Gasteiger partial charge in [0, 0.05) is 12.0 Å². The first-order valence-electron chi connectivity index (χ1n) is 4.61. The molecule has 0 saturated heterocycles. The Morgan fingerprint density at radius 1 is 1.13 bits per heavy atom. The highest BCUT2D eigenvalue weighted by atomic mass is 16.3. The van der Waals surface area contributed by atoms with Crippen molar-refractivity contribution in [2.75, 3.05) is 0 Å². The van der Waals surface area contributed by atoms with Gasteiger partial charge in [0.25, 0.3) is 0 Å². The number of hydrogen-bond donors (Lipinski definition) is 2. The van der Waals surface area contributed by atoms with Gasteiger partial charge >= 0.3 is 0 Å². The summed E-state index contributed by atoms with van der Waals surface area (Å²) < 4.78 is 0. The molecule has 0 aliphatic heterocycles.